The van der Waals surface area contributed by atoms with Crippen LogP contribution < -0.4 is 4.90 Å². The molecule has 3 heteroatoms. The first-order valence-electron chi connectivity index (χ1n) is 9.52. The van der Waals surface area contributed by atoms with E-state index in [-0.39, 0.29) is 0 Å². The van der Waals surface area contributed by atoms with Crippen molar-refractivity contribution in [2.45, 2.75) is 16.7 Å². The molecule has 0 radical (unpaired) electrons. The topological polar surface area (TPSA) is 27.0 Å². The average molecular weight is 391 g/mol. The van der Waals surface area contributed by atoms with Crippen LogP contribution in [-0.2, 0) is 0 Å². The highest BCUT2D eigenvalue weighted by Gasteiger charge is 2.24. The van der Waals surface area contributed by atoms with Crippen LogP contribution in [0.3, 0.4) is 0 Å². The van der Waals surface area contributed by atoms with Gasteiger partial charge < -0.3 is 4.90 Å². The lowest BCUT2D eigenvalue weighted by molar-refractivity contribution is 1.17. The second-order valence-corrected chi connectivity index (χ2v) is 8.16. The Balaban J connectivity index is 1.61. The summed E-state index contributed by atoms with van der Waals surface area (Å²) in [6, 6.07) is 33.9. The molecule has 138 valence electrons. The van der Waals surface area contributed by atoms with Crippen LogP contribution in [0.5, 0.6) is 0 Å². The molecule has 0 atom stereocenters. The number of anilines is 3. The van der Waals surface area contributed by atoms with Crippen molar-refractivity contribution in [3.05, 3.63) is 102 Å². The van der Waals surface area contributed by atoms with Gasteiger partial charge in [0.15, 0.2) is 0 Å². The zero-order valence-corrected chi connectivity index (χ0v) is 16.8. The van der Waals surface area contributed by atoms with Crippen LogP contribution in [0.25, 0.3) is 11.1 Å². The molecule has 1 aliphatic heterocycles. The molecular formula is C26H18N2S. The number of para-hydroxylation sites is 2. The fourth-order valence-corrected chi connectivity index (χ4v) is 4.83. The molecule has 5 rings (SSSR count). The zero-order chi connectivity index (χ0) is 19.8. The molecular weight excluding hydrogens is 372 g/mol. The Morgan fingerprint density at radius 1 is 0.759 bits per heavy atom. The molecule has 29 heavy (non-hydrogen) atoms. The molecule has 1 heterocycles. The third-order valence-corrected chi connectivity index (χ3v) is 6.29. The van der Waals surface area contributed by atoms with Crippen molar-refractivity contribution >= 4 is 28.8 Å². The van der Waals surface area contributed by atoms with Gasteiger partial charge in [-0.15, -0.1) is 0 Å². The molecule has 0 fully saturated rings. The fourth-order valence-electron chi connectivity index (χ4n) is 3.78. The van der Waals surface area contributed by atoms with E-state index in [2.05, 4.69) is 89.8 Å². The molecule has 0 saturated carbocycles. The lowest BCUT2D eigenvalue weighted by Gasteiger charge is -2.32. The van der Waals surface area contributed by atoms with E-state index in [1.807, 2.05) is 30.8 Å². The van der Waals surface area contributed by atoms with Crippen molar-refractivity contribution in [1.29, 1.82) is 5.26 Å². The predicted molar refractivity (Wildman–Crippen MR) is 120 cm³/mol. The molecule has 0 N–H and O–H groups in total. The average Bonchev–Trinajstić information content (AvgIpc) is 2.77. The number of benzene rings is 4. The maximum Gasteiger partial charge on any atom is 0.0998 e. The number of fused-ring (bicyclic) bond motifs is 2. The number of nitriles is 1. The van der Waals surface area contributed by atoms with Gasteiger partial charge in [0.05, 0.1) is 23.0 Å². The fraction of sp³-hybridized carbons (Fsp3) is 0.0385. The van der Waals surface area contributed by atoms with Crippen LogP contribution in [0.15, 0.2) is 101 Å². The van der Waals surface area contributed by atoms with E-state index >= 15 is 0 Å². The number of rotatable bonds is 2. The van der Waals surface area contributed by atoms with Crippen LogP contribution in [-0.4, -0.2) is 0 Å². The van der Waals surface area contributed by atoms with Crippen molar-refractivity contribution < 1.29 is 0 Å². The summed E-state index contributed by atoms with van der Waals surface area (Å²) in [6.07, 6.45) is 0. The van der Waals surface area contributed by atoms with Crippen LogP contribution >= 0.6 is 11.8 Å². The van der Waals surface area contributed by atoms with Gasteiger partial charge in [-0.25, -0.2) is 0 Å². The van der Waals surface area contributed by atoms with Gasteiger partial charge in [-0.1, -0.05) is 60.3 Å². The third-order valence-electron chi connectivity index (χ3n) is 5.16. The monoisotopic (exact) mass is 390 g/mol. The summed E-state index contributed by atoms with van der Waals surface area (Å²) in [5.74, 6) is 0. The molecule has 0 spiro atoms. The van der Waals surface area contributed by atoms with Gasteiger partial charge in [-0.3, -0.25) is 0 Å². The molecule has 2 nitrogen and oxygen atoms in total. The van der Waals surface area contributed by atoms with Crippen LogP contribution in [0.1, 0.15) is 11.1 Å². The maximum atomic E-state index is 9.52. The number of hydrogen-bond donors (Lipinski definition) is 0. The van der Waals surface area contributed by atoms with Crippen molar-refractivity contribution in [2.75, 3.05) is 4.90 Å². The van der Waals surface area contributed by atoms with Crippen LogP contribution in [0.2, 0.25) is 0 Å². The largest absolute Gasteiger partial charge is 0.308 e. The summed E-state index contributed by atoms with van der Waals surface area (Å²) >= 11 is 1.81. The van der Waals surface area contributed by atoms with Gasteiger partial charge >= 0.3 is 0 Å². The quantitative estimate of drug-likeness (QED) is 0.313. The molecule has 0 aliphatic carbocycles. The number of nitrogens with zero attached hydrogens (tertiary/aromatic N) is 2. The second-order valence-electron chi connectivity index (χ2n) is 7.08. The minimum Gasteiger partial charge on any atom is -0.308 e. The Labute approximate surface area is 175 Å². The summed E-state index contributed by atoms with van der Waals surface area (Å²) in [4.78, 5) is 4.81. The van der Waals surface area contributed by atoms with E-state index in [9.17, 15) is 5.26 Å². The molecule has 4 aromatic carbocycles. The Kier molecular flexibility index (Phi) is 4.35. The summed E-state index contributed by atoms with van der Waals surface area (Å²) in [6.45, 7) is 2.01. The lowest BCUT2D eigenvalue weighted by Crippen LogP contribution is -2.14. The van der Waals surface area contributed by atoms with E-state index < -0.39 is 0 Å². The van der Waals surface area contributed by atoms with Gasteiger partial charge in [0.25, 0.3) is 0 Å². The molecule has 0 aromatic heterocycles. The second kappa shape index (κ2) is 7.16. The van der Waals surface area contributed by atoms with E-state index in [1.165, 1.54) is 21.2 Å². The highest BCUT2D eigenvalue weighted by atomic mass is 32.2. The Morgan fingerprint density at radius 3 is 2.00 bits per heavy atom. The predicted octanol–water partition coefficient (Wildman–Crippen LogP) is 7.47. The Hall–Kier alpha value is -3.48. The molecule has 0 saturated heterocycles. The van der Waals surface area contributed by atoms with Gasteiger partial charge in [0.1, 0.15) is 0 Å². The molecule has 0 unspecified atom stereocenters. The summed E-state index contributed by atoms with van der Waals surface area (Å²) in [7, 11) is 0. The van der Waals surface area contributed by atoms with Gasteiger partial charge in [0, 0.05) is 15.5 Å². The van der Waals surface area contributed by atoms with Gasteiger partial charge in [-0.05, 0) is 66.1 Å². The molecule has 1 aliphatic rings. The van der Waals surface area contributed by atoms with Crippen molar-refractivity contribution in [3.63, 3.8) is 0 Å². The first kappa shape index (κ1) is 17.6. The normalized spacial score (nSPS) is 12.1. The first-order valence-corrected chi connectivity index (χ1v) is 10.3. The molecule has 0 bridgehead atoms. The van der Waals surface area contributed by atoms with E-state index in [0.29, 0.717) is 5.56 Å². The standard InChI is InChI=1S/C26H18N2S/c1-18-10-15-22(20(16-18)17-27)19-11-13-21(14-12-19)28-23-6-2-4-8-25(23)29-26-9-5-3-7-24(26)28/h2-16H,1H3. The highest BCUT2D eigenvalue weighted by Crippen LogP contribution is 2.51. The Morgan fingerprint density at radius 2 is 1.38 bits per heavy atom. The van der Waals surface area contributed by atoms with E-state index in [0.717, 1.165) is 22.4 Å². The molecule has 4 aromatic rings. The SMILES string of the molecule is Cc1ccc(-c2ccc(N3c4ccccc4Sc4ccccc43)cc2)c(C#N)c1. The van der Waals surface area contributed by atoms with Crippen LogP contribution in [0, 0.1) is 18.3 Å². The summed E-state index contributed by atoms with van der Waals surface area (Å²) in [5.41, 5.74) is 7.33. The van der Waals surface area contributed by atoms with Gasteiger partial charge in [-0.2, -0.15) is 5.26 Å². The first-order chi connectivity index (χ1) is 14.2. The van der Waals surface area contributed by atoms with Crippen LogP contribution in [0.4, 0.5) is 17.1 Å². The summed E-state index contributed by atoms with van der Waals surface area (Å²) in [5, 5.41) is 9.52. The van der Waals surface area contributed by atoms with Crippen molar-refractivity contribution in [1.82, 2.24) is 0 Å². The smallest absolute Gasteiger partial charge is 0.0998 e. The van der Waals surface area contributed by atoms with Crippen molar-refractivity contribution in [2.24, 2.45) is 0 Å². The van der Waals surface area contributed by atoms with Gasteiger partial charge in [0.2, 0.25) is 0 Å². The highest BCUT2D eigenvalue weighted by molar-refractivity contribution is 7.99. The maximum absolute atomic E-state index is 9.52. The minimum absolute atomic E-state index is 0.711. The van der Waals surface area contributed by atoms with Crippen molar-refractivity contribution in [3.8, 4) is 17.2 Å². The zero-order valence-electron chi connectivity index (χ0n) is 16.0. The minimum atomic E-state index is 0.711. The number of aryl methyl sites for hydroxylation is 1. The Bertz CT molecular complexity index is 1210. The van der Waals surface area contributed by atoms with E-state index in [1.54, 1.807) is 0 Å². The van der Waals surface area contributed by atoms with E-state index in [4.69, 9.17) is 0 Å². The lowest BCUT2D eigenvalue weighted by atomic mass is 9.98. The number of hydrogen-bond acceptors (Lipinski definition) is 3. The molecule has 0 amide bonds. The third kappa shape index (κ3) is 3.08. The summed E-state index contributed by atoms with van der Waals surface area (Å²) < 4.78 is 0.